The van der Waals surface area contributed by atoms with E-state index in [-0.39, 0.29) is 5.56 Å². The Bertz CT molecular complexity index is 860. The number of rotatable bonds is 4. The first-order valence-corrected chi connectivity index (χ1v) is 7.76. The van der Waals surface area contributed by atoms with Crippen molar-refractivity contribution in [2.75, 3.05) is 0 Å². The molecule has 126 valence electrons. The predicted octanol–water partition coefficient (Wildman–Crippen LogP) is 3.07. The third-order valence-electron chi connectivity index (χ3n) is 4.27. The van der Waals surface area contributed by atoms with Crippen LogP contribution in [0.5, 0.6) is 0 Å². The molecular weight excluding hydrogens is 321 g/mol. The molecule has 0 saturated carbocycles. The van der Waals surface area contributed by atoms with Crippen LogP contribution in [0.3, 0.4) is 0 Å². The van der Waals surface area contributed by atoms with Crippen LogP contribution in [-0.2, 0) is 10.2 Å². The Morgan fingerprint density at radius 2 is 1.68 bits per heavy atom. The molecule has 0 heterocycles. The molecule has 0 aliphatic heterocycles. The molecule has 3 rings (SSSR count). The summed E-state index contributed by atoms with van der Waals surface area (Å²) < 4.78 is 13.9. The monoisotopic (exact) mass is 337 g/mol. The van der Waals surface area contributed by atoms with Gasteiger partial charge in [0.1, 0.15) is 11.2 Å². The Morgan fingerprint density at radius 3 is 2.36 bits per heavy atom. The molecule has 1 amide bonds. The Kier molecular flexibility index (Phi) is 4.48. The van der Waals surface area contributed by atoms with E-state index in [4.69, 9.17) is 0 Å². The van der Waals surface area contributed by atoms with Crippen molar-refractivity contribution < 1.29 is 19.1 Å². The van der Waals surface area contributed by atoms with Crippen molar-refractivity contribution in [3.8, 4) is 0 Å². The molecule has 1 aliphatic carbocycles. The number of carbonyl (C=O) groups excluding carboxylic acids is 1. The molecule has 0 fully saturated rings. The van der Waals surface area contributed by atoms with Gasteiger partial charge in [0.2, 0.25) is 0 Å². The second kappa shape index (κ2) is 6.73. The maximum Gasteiger partial charge on any atom is 0.320 e. The first-order valence-electron chi connectivity index (χ1n) is 7.76. The summed E-state index contributed by atoms with van der Waals surface area (Å²) >= 11 is 0. The molecule has 0 radical (unpaired) electrons. The summed E-state index contributed by atoms with van der Waals surface area (Å²) in [6.45, 7) is 0. The van der Waals surface area contributed by atoms with E-state index in [9.17, 15) is 19.1 Å². The lowest BCUT2D eigenvalue weighted by atomic mass is 9.72. The number of hydrogen-bond acceptors (Lipinski definition) is 2. The fourth-order valence-corrected chi connectivity index (χ4v) is 2.98. The largest absolute Gasteiger partial charge is 0.480 e. The zero-order valence-corrected chi connectivity index (χ0v) is 13.2. The van der Waals surface area contributed by atoms with Crippen molar-refractivity contribution in [1.82, 2.24) is 5.32 Å². The lowest BCUT2D eigenvalue weighted by Gasteiger charge is -2.35. The molecule has 2 unspecified atom stereocenters. The normalized spacial score (nSPS) is 21.7. The third kappa shape index (κ3) is 2.96. The van der Waals surface area contributed by atoms with Gasteiger partial charge >= 0.3 is 5.97 Å². The molecule has 2 aromatic rings. The number of carbonyl (C=O) groups is 2. The average Bonchev–Trinajstić information content (AvgIpc) is 2.63. The van der Waals surface area contributed by atoms with Crippen LogP contribution in [0.1, 0.15) is 15.9 Å². The van der Waals surface area contributed by atoms with E-state index in [1.807, 2.05) is 0 Å². The van der Waals surface area contributed by atoms with Crippen LogP contribution in [-0.4, -0.2) is 23.0 Å². The summed E-state index contributed by atoms with van der Waals surface area (Å²) in [5.41, 5.74) is -1.06. The average molecular weight is 337 g/mol. The smallest absolute Gasteiger partial charge is 0.320 e. The van der Waals surface area contributed by atoms with E-state index in [2.05, 4.69) is 5.32 Å². The van der Waals surface area contributed by atoms with Crippen molar-refractivity contribution in [1.29, 1.82) is 0 Å². The minimum absolute atomic E-state index is 0.127. The first kappa shape index (κ1) is 16.6. The summed E-state index contributed by atoms with van der Waals surface area (Å²) in [4.78, 5) is 24.6. The van der Waals surface area contributed by atoms with Gasteiger partial charge in [-0.1, -0.05) is 66.8 Å². The number of halogens is 1. The maximum atomic E-state index is 13.9. The van der Waals surface area contributed by atoms with Crippen LogP contribution >= 0.6 is 0 Å². The van der Waals surface area contributed by atoms with Crippen LogP contribution in [0, 0.1) is 5.82 Å². The van der Waals surface area contributed by atoms with Crippen LogP contribution in [0.25, 0.3) is 0 Å². The quantitative estimate of drug-likeness (QED) is 0.901. The van der Waals surface area contributed by atoms with Gasteiger partial charge in [0.05, 0.1) is 11.6 Å². The Balaban J connectivity index is 2.00. The van der Waals surface area contributed by atoms with Gasteiger partial charge in [-0.25, -0.2) is 4.39 Å². The molecule has 1 aliphatic rings. The van der Waals surface area contributed by atoms with Gasteiger partial charge in [-0.05, 0) is 17.7 Å². The Morgan fingerprint density at radius 1 is 1.00 bits per heavy atom. The van der Waals surface area contributed by atoms with Crippen molar-refractivity contribution in [3.05, 3.63) is 95.8 Å². The number of carboxylic acid groups (broad SMARTS) is 1. The zero-order valence-electron chi connectivity index (χ0n) is 13.2. The molecule has 0 saturated heterocycles. The summed E-state index contributed by atoms with van der Waals surface area (Å²) in [5.74, 6) is -2.42. The van der Waals surface area contributed by atoms with Crippen LogP contribution in [0.15, 0.2) is 78.9 Å². The summed E-state index contributed by atoms with van der Waals surface area (Å²) in [7, 11) is 0. The number of nitrogens with one attached hydrogen (secondary N) is 1. The number of allylic oxidation sites excluding steroid dienone is 2. The van der Waals surface area contributed by atoms with E-state index in [0.717, 1.165) is 0 Å². The molecule has 2 aromatic carbocycles. The standard InChI is InChI=1S/C20H16FNO3/c21-16-11-5-4-10-15(16)18(23)22-17-12-6-7-13-20(17,19(24)25)14-8-2-1-3-9-14/h1-13,17H,(H,22,23)(H,24,25). The van der Waals surface area contributed by atoms with Crippen molar-refractivity contribution in [2.24, 2.45) is 0 Å². The molecular formula is C20H16FNO3. The number of aliphatic carboxylic acids is 1. The second-order valence-electron chi connectivity index (χ2n) is 5.72. The van der Waals surface area contributed by atoms with Crippen LogP contribution in [0.2, 0.25) is 0 Å². The predicted molar refractivity (Wildman–Crippen MR) is 91.7 cm³/mol. The van der Waals surface area contributed by atoms with Crippen molar-refractivity contribution >= 4 is 11.9 Å². The lowest BCUT2D eigenvalue weighted by molar-refractivity contribution is -0.142. The van der Waals surface area contributed by atoms with Gasteiger partial charge in [-0.3, -0.25) is 9.59 Å². The highest BCUT2D eigenvalue weighted by Crippen LogP contribution is 2.33. The van der Waals surface area contributed by atoms with Gasteiger partial charge in [0.25, 0.3) is 5.91 Å². The maximum absolute atomic E-state index is 13.9. The Hall–Kier alpha value is -3.21. The SMILES string of the molecule is O=C(NC1C=CC=CC1(C(=O)O)c1ccccc1)c1ccccc1F. The molecule has 5 heteroatoms. The lowest BCUT2D eigenvalue weighted by Crippen LogP contribution is -2.54. The molecule has 0 aromatic heterocycles. The van der Waals surface area contributed by atoms with Gasteiger partial charge in [0.15, 0.2) is 0 Å². The minimum atomic E-state index is -1.46. The molecule has 25 heavy (non-hydrogen) atoms. The van der Waals surface area contributed by atoms with Gasteiger partial charge in [-0.15, -0.1) is 0 Å². The molecule has 0 bridgehead atoms. The first-order chi connectivity index (χ1) is 12.1. The van der Waals surface area contributed by atoms with Crippen LogP contribution in [0.4, 0.5) is 4.39 Å². The number of carboxylic acids is 1. The number of benzene rings is 2. The molecule has 0 spiro atoms. The minimum Gasteiger partial charge on any atom is -0.480 e. The van der Waals surface area contributed by atoms with E-state index < -0.39 is 29.2 Å². The number of hydrogen-bond donors (Lipinski definition) is 2. The van der Waals surface area contributed by atoms with Gasteiger partial charge < -0.3 is 10.4 Å². The summed E-state index contributed by atoms with van der Waals surface area (Å²) in [6.07, 6.45) is 6.43. The Labute approximate surface area is 144 Å². The zero-order chi connectivity index (χ0) is 17.9. The molecule has 2 atom stereocenters. The fourth-order valence-electron chi connectivity index (χ4n) is 2.98. The fraction of sp³-hybridized carbons (Fsp3) is 0.100. The second-order valence-corrected chi connectivity index (χ2v) is 5.72. The van der Waals surface area contributed by atoms with Crippen molar-refractivity contribution in [3.63, 3.8) is 0 Å². The number of amides is 1. The highest BCUT2D eigenvalue weighted by Gasteiger charge is 2.46. The van der Waals surface area contributed by atoms with Crippen molar-refractivity contribution in [2.45, 2.75) is 11.5 Å². The van der Waals surface area contributed by atoms with Crippen LogP contribution < -0.4 is 5.32 Å². The van der Waals surface area contributed by atoms with E-state index in [0.29, 0.717) is 5.56 Å². The van der Waals surface area contributed by atoms with E-state index in [1.165, 1.54) is 24.3 Å². The highest BCUT2D eigenvalue weighted by atomic mass is 19.1. The molecule has 4 nitrogen and oxygen atoms in total. The van der Waals surface area contributed by atoms with E-state index in [1.54, 1.807) is 54.6 Å². The molecule has 2 N–H and O–H groups in total. The van der Waals surface area contributed by atoms with Gasteiger partial charge in [-0.2, -0.15) is 0 Å². The van der Waals surface area contributed by atoms with E-state index >= 15 is 0 Å². The third-order valence-corrected chi connectivity index (χ3v) is 4.27. The summed E-state index contributed by atoms with van der Waals surface area (Å²) in [5, 5.41) is 12.6. The topological polar surface area (TPSA) is 66.4 Å². The highest BCUT2D eigenvalue weighted by molar-refractivity contribution is 5.96. The van der Waals surface area contributed by atoms with Gasteiger partial charge in [0, 0.05) is 0 Å². The summed E-state index contributed by atoms with van der Waals surface area (Å²) in [6, 6.07) is 13.4.